The van der Waals surface area contributed by atoms with Gasteiger partial charge in [-0.2, -0.15) is 0 Å². The van der Waals surface area contributed by atoms with Crippen LogP contribution in [0.25, 0.3) is 10.9 Å². The number of halogens is 1. The van der Waals surface area contributed by atoms with Crippen LogP contribution in [0.15, 0.2) is 53.3 Å². The van der Waals surface area contributed by atoms with E-state index in [1.54, 1.807) is 42.5 Å². The van der Waals surface area contributed by atoms with Crippen molar-refractivity contribution in [2.45, 2.75) is 38.8 Å². The number of nitrogens with zero attached hydrogens (tertiary/aromatic N) is 3. The van der Waals surface area contributed by atoms with Gasteiger partial charge in [0.05, 0.1) is 17.4 Å². The molecule has 35 heavy (non-hydrogen) atoms. The van der Waals surface area contributed by atoms with Gasteiger partial charge in [0.2, 0.25) is 5.91 Å². The Hall–Kier alpha value is -3.72. The number of rotatable bonds is 8. The molecule has 2 N–H and O–H groups in total. The Morgan fingerprint density at radius 3 is 2.54 bits per heavy atom. The van der Waals surface area contributed by atoms with E-state index in [9.17, 15) is 19.2 Å². The lowest BCUT2D eigenvalue weighted by atomic mass is 9.87. The van der Waals surface area contributed by atoms with E-state index in [4.69, 9.17) is 11.6 Å². The van der Waals surface area contributed by atoms with Crippen molar-refractivity contribution in [2.75, 3.05) is 13.1 Å². The molecule has 1 atom stereocenters. The Kier molecular flexibility index (Phi) is 6.88. The van der Waals surface area contributed by atoms with Crippen molar-refractivity contribution >= 4 is 40.3 Å². The molecule has 10 heteroatoms. The Bertz CT molecular complexity index is 1340. The molecule has 1 saturated heterocycles. The van der Waals surface area contributed by atoms with Crippen molar-refractivity contribution in [3.8, 4) is 0 Å². The van der Waals surface area contributed by atoms with E-state index < -0.39 is 29.9 Å². The number of imide groups is 1. The maximum absolute atomic E-state index is 13.4. The van der Waals surface area contributed by atoms with Crippen LogP contribution in [-0.4, -0.2) is 50.7 Å². The zero-order chi connectivity index (χ0) is 25.2. The van der Waals surface area contributed by atoms with Crippen LogP contribution in [0.4, 0.5) is 4.79 Å². The molecule has 3 aromatic rings. The molecule has 1 unspecified atom stereocenters. The predicted molar refractivity (Wildman–Crippen MR) is 132 cm³/mol. The van der Waals surface area contributed by atoms with E-state index in [0.29, 0.717) is 40.9 Å². The first-order valence-electron chi connectivity index (χ1n) is 11.4. The van der Waals surface area contributed by atoms with Gasteiger partial charge in [-0.1, -0.05) is 55.8 Å². The largest absolute Gasteiger partial charge is 0.334 e. The monoisotopic (exact) mass is 495 g/mol. The van der Waals surface area contributed by atoms with Crippen LogP contribution in [0.2, 0.25) is 5.02 Å². The normalized spacial score (nSPS) is 17.6. The topological polar surface area (TPSA) is 115 Å². The van der Waals surface area contributed by atoms with Crippen molar-refractivity contribution in [1.29, 1.82) is 0 Å². The van der Waals surface area contributed by atoms with Crippen molar-refractivity contribution in [3.05, 3.63) is 75.3 Å². The highest BCUT2D eigenvalue weighted by atomic mass is 35.5. The second-order valence-electron chi connectivity index (χ2n) is 8.44. The molecule has 4 amide bonds. The number of benzene rings is 2. The molecular formula is C25H26ClN5O4. The SMILES string of the molecule is CCCN(Cc1nc2cc(Cl)ccc2c(=O)[nH]1)C(=O)CN1C(=O)NC(CC)(c2ccccc2)C1=O. The molecule has 0 bridgehead atoms. The van der Waals surface area contributed by atoms with Gasteiger partial charge < -0.3 is 15.2 Å². The second-order valence-corrected chi connectivity index (χ2v) is 8.87. The first kappa shape index (κ1) is 24.4. The van der Waals surface area contributed by atoms with Crippen LogP contribution >= 0.6 is 11.6 Å². The maximum atomic E-state index is 13.4. The molecule has 0 spiro atoms. The molecule has 1 aliphatic heterocycles. The number of amides is 4. The minimum Gasteiger partial charge on any atom is -0.334 e. The number of aromatic amines is 1. The molecule has 0 radical (unpaired) electrons. The van der Waals surface area contributed by atoms with E-state index in [0.717, 1.165) is 4.90 Å². The first-order valence-corrected chi connectivity index (χ1v) is 11.8. The summed E-state index contributed by atoms with van der Waals surface area (Å²) in [4.78, 5) is 61.4. The van der Waals surface area contributed by atoms with Gasteiger partial charge >= 0.3 is 6.03 Å². The van der Waals surface area contributed by atoms with Crippen molar-refractivity contribution in [1.82, 2.24) is 25.1 Å². The number of urea groups is 1. The number of carbonyl (C=O) groups excluding carboxylic acids is 3. The van der Waals surface area contributed by atoms with Gasteiger partial charge in [-0.3, -0.25) is 19.3 Å². The quantitative estimate of drug-likeness (QED) is 0.466. The average Bonchev–Trinajstić information content (AvgIpc) is 3.09. The summed E-state index contributed by atoms with van der Waals surface area (Å²) in [7, 11) is 0. The Morgan fingerprint density at radius 2 is 1.86 bits per heavy atom. The minimum atomic E-state index is -1.21. The molecule has 1 fully saturated rings. The third-order valence-corrected chi connectivity index (χ3v) is 6.41. The summed E-state index contributed by atoms with van der Waals surface area (Å²) in [6.07, 6.45) is 0.980. The van der Waals surface area contributed by atoms with E-state index in [-0.39, 0.29) is 17.9 Å². The third kappa shape index (κ3) is 4.64. The highest BCUT2D eigenvalue weighted by molar-refractivity contribution is 6.31. The third-order valence-electron chi connectivity index (χ3n) is 6.17. The Balaban J connectivity index is 1.56. The van der Waals surface area contributed by atoms with Crippen LogP contribution < -0.4 is 10.9 Å². The predicted octanol–water partition coefficient (Wildman–Crippen LogP) is 3.17. The summed E-state index contributed by atoms with van der Waals surface area (Å²) in [6, 6.07) is 13.2. The standard InChI is InChI=1S/C25H26ClN5O4/c1-3-12-30(14-20-27-19-13-17(26)10-11-18(19)22(33)28-20)21(32)15-31-23(34)25(4-2,29-24(31)35)16-8-6-5-7-9-16/h5-11,13H,3-4,12,14-15H2,1-2H3,(H,29,35)(H,27,28,33). The number of carbonyl (C=O) groups is 3. The lowest BCUT2D eigenvalue weighted by Crippen LogP contribution is -2.45. The summed E-state index contributed by atoms with van der Waals surface area (Å²) < 4.78 is 0. The first-order chi connectivity index (χ1) is 16.8. The molecule has 1 aromatic heterocycles. The Morgan fingerprint density at radius 1 is 1.11 bits per heavy atom. The minimum absolute atomic E-state index is 0.0195. The second kappa shape index (κ2) is 9.87. The van der Waals surface area contributed by atoms with Gasteiger partial charge in [0.1, 0.15) is 17.9 Å². The lowest BCUT2D eigenvalue weighted by molar-refractivity contribution is -0.139. The Labute approximate surface area is 207 Å². The molecule has 0 aliphatic carbocycles. The molecule has 182 valence electrons. The van der Waals surface area contributed by atoms with E-state index in [1.165, 1.54) is 4.90 Å². The van der Waals surface area contributed by atoms with Gasteiger partial charge in [-0.15, -0.1) is 0 Å². The summed E-state index contributed by atoms with van der Waals surface area (Å²) in [6.45, 7) is 3.68. The summed E-state index contributed by atoms with van der Waals surface area (Å²) in [5.41, 5.74) is -0.462. The number of H-pyrrole nitrogens is 1. The summed E-state index contributed by atoms with van der Waals surface area (Å²) >= 11 is 6.04. The zero-order valence-electron chi connectivity index (χ0n) is 19.5. The molecule has 2 aromatic carbocycles. The van der Waals surface area contributed by atoms with Gasteiger partial charge in [0, 0.05) is 11.6 Å². The molecule has 0 saturated carbocycles. The van der Waals surface area contributed by atoms with Gasteiger partial charge in [-0.25, -0.2) is 9.78 Å². The van der Waals surface area contributed by atoms with E-state index in [2.05, 4.69) is 15.3 Å². The van der Waals surface area contributed by atoms with Crippen LogP contribution in [0, 0.1) is 0 Å². The fourth-order valence-electron chi connectivity index (χ4n) is 4.35. The number of fused-ring (bicyclic) bond motifs is 1. The highest BCUT2D eigenvalue weighted by Crippen LogP contribution is 2.32. The maximum Gasteiger partial charge on any atom is 0.325 e. The lowest BCUT2D eigenvalue weighted by Gasteiger charge is -2.26. The van der Waals surface area contributed by atoms with Gasteiger partial charge in [0.15, 0.2) is 0 Å². The molecule has 1 aliphatic rings. The van der Waals surface area contributed by atoms with Gasteiger partial charge in [-0.05, 0) is 36.6 Å². The van der Waals surface area contributed by atoms with E-state index >= 15 is 0 Å². The number of aromatic nitrogens is 2. The van der Waals surface area contributed by atoms with E-state index in [1.807, 2.05) is 19.9 Å². The van der Waals surface area contributed by atoms with Crippen LogP contribution in [0.3, 0.4) is 0 Å². The summed E-state index contributed by atoms with van der Waals surface area (Å²) in [5, 5.41) is 3.62. The molecule has 9 nitrogen and oxygen atoms in total. The average molecular weight is 496 g/mol. The van der Waals surface area contributed by atoms with Crippen LogP contribution in [0.5, 0.6) is 0 Å². The zero-order valence-corrected chi connectivity index (χ0v) is 20.3. The number of hydrogen-bond acceptors (Lipinski definition) is 5. The van der Waals surface area contributed by atoms with Crippen molar-refractivity contribution < 1.29 is 14.4 Å². The number of nitrogens with one attached hydrogen (secondary N) is 2. The van der Waals surface area contributed by atoms with Crippen molar-refractivity contribution in [3.63, 3.8) is 0 Å². The molecule has 2 heterocycles. The van der Waals surface area contributed by atoms with Crippen LogP contribution in [0.1, 0.15) is 38.1 Å². The van der Waals surface area contributed by atoms with Crippen molar-refractivity contribution in [2.24, 2.45) is 0 Å². The highest BCUT2D eigenvalue weighted by Gasteiger charge is 2.51. The summed E-state index contributed by atoms with van der Waals surface area (Å²) in [5.74, 6) is -0.604. The van der Waals surface area contributed by atoms with Crippen LogP contribution in [-0.2, 0) is 21.7 Å². The number of hydrogen-bond donors (Lipinski definition) is 2. The smallest absolute Gasteiger partial charge is 0.325 e. The molecule has 4 rings (SSSR count). The fraction of sp³-hybridized carbons (Fsp3) is 0.320. The molecular weight excluding hydrogens is 470 g/mol. The fourth-order valence-corrected chi connectivity index (χ4v) is 4.51. The van der Waals surface area contributed by atoms with Gasteiger partial charge in [0.25, 0.3) is 11.5 Å².